The van der Waals surface area contributed by atoms with Crippen LogP contribution in [0.1, 0.15) is 36.3 Å². The van der Waals surface area contributed by atoms with E-state index in [0.29, 0.717) is 12.0 Å². The number of carbonyl (C=O) groups is 1. The minimum Gasteiger partial charge on any atom is -0.350 e. The fourth-order valence-corrected chi connectivity index (χ4v) is 3.11. The van der Waals surface area contributed by atoms with Gasteiger partial charge in [0.05, 0.1) is 0 Å². The molecule has 0 saturated heterocycles. The third kappa shape index (κ3) is 3.54. The highest BCUT2D eigenvalue weighted by Gasteiger charge is 2.27. The molecule has 0 bridgehead atoms. The molecule has 1 fully saturated rings. The van der Waals surface area contributed by atoms with Crippen LogP contribution in [0.3, 0.4) is 0 Å². The van der Waals surface area contributed by atoms with Gasteiger partial charge in [-0.05, 0) is 52.8 Å². The summed E-state index contributed by atoms with van der Waals surface area (Å²) in [6.45, 7) is 2.90. The number of aromatic nitrogens is 1. The van der Waals surface area contributed by atoms with E-state index in [9.17, 15) is 4.79 Å². The van der Waals surface area contributed by atoms with Crippen molar-refractivity contribution in [2.45, 2.75) is 25.8 Å². The van der Waals surface area contributed by atoms with Gasteiger partial charge >= 0.3 is 0 Å². The van der Waals surface area contributed by atoms with Crippen LogP contribution in [-0.4, -0.2) is 29.0 Å². The van der Waals surface area contributed by atoms with Gasteiger partial charge in [0.15, 0.2) is 0 Å². The molecule has 3 nitrogen and oxygen atoms in total. The van der Waals surface area contributed by atoms with Gasteiger partial charge in [0.25, 0.3) is 5.91 Å². The van der Waals surface area contributed by atoms with E-state index in [1.807, 2.05) is 24.0 Å². The molecule has 0 aromatic carbocycles. The third-order valence-electron chi connectivity index (χ3n) is 3.05. The smallest absolute Gasteiger partial charge is 0.267 e. The van der Waals surface area contributed by atoms with Crippen LogP contribution in [0.4, 0.5) is 0 Å². The Hall–Kier alpha value is -0.420. The second kappa shape index (κ2) is 6.15. The van der Waals surface area contributed by atoms with Crippen molar-refractivity contribution in [3.05, 3.63) is 22.4 Å². The minimum atomic E-state index is 0.0422. The Morgan fingerprint density at radius 3 is 3.00 bits per heavy atom. The average molecular weight is 331 g/mol. The Balaban J connectivity index is 1.96. The average Bonchev–Trinajstić information content (AvgIpc) is 3.10. The topological polar surface area (TPSA) is 34.0 Å². The van der Waals surface area contributed by atoms with Gasteiger partial charge in [0.1, 0.15) is 5.69 Å². The van der Waals surface area contributed by atoms with Crippen LogP contribution < -0.4 is 5.32 Å². The number of thioether (sulfide) groups is 1. The van der Waals surface area contributed by atoms with E-state index >= 15 is 0 Å². The highest BCUT2D eigenvalue weighted by atomic mass is 79.9. The summed E-state index contributed by atoms with van der Waals surface area (Å²) in [6.07, 6.45) is 6.47. The predicted molar refractivity (Wildman–Crippen MR) is 80.3 cm³/mol. The molecule has 1 atom stereocenters. The summed E-state index contributed by atoms with van der Waals surface area (Å²) in [6, 6.07) is 2.44. The van der Waals surface area contributed by atoms with Crippen molar-refractivity contribution < 1.29 is 4.79 Å². The van der Waals surface area contributed by atoms with E-state index in [1.54, 1.807) is 0 Å². The summed E-state index contributed by atoms with van der Waals surface area (Å²) in [5.41, 5.74) is 0.778. The Labute approximate surface area is 121 Å². The molecule has 1 unspecified atom stereocenters. The molecule has 0 aliphatic heterocycles. The van der Waals surface area contributed by atoms with Crippen LogP contribution in [0.15, 0.2) is 16.7 Å². The van der Waals surface area contributed by atoms with Gasteiger partial charge in [0, 0.05) is 23.3 Å². The number of rotatable bonds is 6. The fraction of sp³-hybridized carbons (Fsp3) is 0.615. The van der Waals surface area contributed by atoms with Crippen LogP contribution >= 0.6 is 27.7 Å². The van der Waals surface area contributed by atoms with Crippen LogP contribution in [-0.2, 0) is 0 Å². The number of hydrogen-bond acceptors (Lipinski definition) is 2. The number of halogens is 1. The summed E-state index contributed by atoms with van der Waals surface area (Å²) in [5.74, 6) is 1.63. The van der Waals surface area contributed by atoms with Gasteiger partial charge in [-0.3, -0.25) is 4.79 Å². The predicted octanol–water partition coefficient (Wildman–Crippen LogP) is 3.31. The minimum absolute atomic E-state index is 0.0422. The number of nitrogens with one attached hydrogen (secondary N) is 1. The maximum atomic E-state index is 12.2. The zero-order valence-electron chi connectivity index (χ0n) is 10.8. The number of amides is 1. The molecule has 100 valence electrons. The molecular formula is C13H19BrN2OS. The highest BCUT2D eigenvalue weighted by molar-refractivity contribution is 9.10. The zero-order valence-corrected chi connectivity index (χ0v) is 13.2. The lowest BCUT2D eigenvalue weighted by Gasteiger charge is -2.12. The second-order valence-electron chi connectivity index (χ2n) is 4.95. The van der Waals surface area contributed by atoms with E-state index in [1.165, 1.54) is 12.8 Å². The van der Waals surface area contributed by atoms with Gasteiger partial charge < -0.3 is 9.88 Å². The van der Waals surface area contributed by atoms with E-state index in [-0.39, 0.29) is 5.91 Å². The molecule has 0 radical (unpaired) electrons. The second-order valence-corrected chi connectivity index (χ2v) is 6.78. The molecule has 1 aliphatic carbocycles. The summed E-state index contributed by atoms with van der Waals surface area (Å²) < 4.78 is 3.08. The first-order valence-electron chi connectivity index (χ1n) is 6.26. The van der Waals surface area contributed by atoms with E-state index in [2.05, 4.69) is 39.0 Å². The molecule has 1 aromatic rings. The fourth-order valence-electron chi connectivity index (χ4n) is 1.98. The molecule has 1 aromatic heterocycles. The SMILES string of the molecule is CSCC(C)CNC(=O)c1cc(Br)cn1C1CC1. The first-order chi connectivity index (χ1) is 8.61. The lowest BCUT2D eigenvalue weighted by Crippen LogP contribution is -2.30. The largest absolute Gasteiger partial charge is 0.350 e. The lowest BCUT2D eigenvalue weighted by atomic mass is 10.2. The molecule has 1 aliphatic rings. The van der Waals surface area contributed by atoms with Gasteiger partial charge in [0.2, 0.25) is 0 Å². The van der Waals surface area contributed by atoms with Gasteiger partial charge in [-0.2, -0.15) is 11.8 Å². The van der Waals surface area contributed by atoms with Crippen molar-refractivity contribution in [1.29, 1.82) is 0 Å². The molecule has 5 heteroatoms. The maximum absolute atomic E-state index is 12.2. The van der Waals surface area contributed by atoms with Crippen LogP contribution in [0, 0.1) is 5.92 Å². The van der Waals surface area contributed by atoms with Gasteiger partial charge in [-0.25, -0.2) is 0 Å². The molecule has 1 saturated carbocycles. The molecule has 1 amide bonds. The molecule has 1 heterocycles. The normalized spacial score (nSPS) is 16.6. The lowest BCUT2D eigenvalue weighted by molar-refractivity contribution is 0.0940. The summed E-state index contributed by atoms with van der Waals surface area (Å²) in [7, 11) is 0. The van der Waals surface area contributed by atoms with Crippen molar-refractivity contribution in [3.63, 3.8) is 0 Å². The molecular weight excluding hydrogens is 312 g/mol. The zero-order chi connectivity index (χ0) is 13.1. The van der Waals surface area contributed by atoms with E-state index in [0.717, 1.165) is 22.5 Å². The van der Waals surface area contributed by atoms with Crippen molar-refractivity contribution in [2.24, 2.45) is 5.92 Å². The summed E-state index contributed by atoms with van der Waals surface area (Å²) in [5, 5.41) is 3.03. The molecule has 18 heavy (non-hydrogen) atoms. The van der Waals surface area contributed by atoms with Crippen LogP contribution in [0.2, 0.25) is 0 Å². The van der Waals surface area contributed by atoms with E-state index in [4.69, 9.17) is 0 Å². The van der Waals surface area contributed by atoms with E-state index < -0.39 is 0 Å². The van der Waals surface area contributed by atoms with Crippen LogP contribution in [0.25, 0.3) is 0 Å². The Morgan fingerprint density at radius 1 is 1.67 bits per heavy atom. The number of hydrogen-bond donors (Lipinski definition) is 1. The Bertz CT molecular complexity index is 429. The Kier molecular flexibility index (Phi) is 4.78. The third-order valence-corrected chi connectivity index (χ3v) is 4.39. The highest BCUT2D eigenvalue weighted by Crippen LogP contribution is 2.37. The van der Waals surface area contributed by atoms with Crippen LogP contribution in [0.5, 0.6) is 0 Å². The maximum Gasteiger partial charge on any atom is 0.267 e. The number of nitrogens with zero attached hydrogens (tertiary/aromatic N) is 1. The van der Waals surface area contributed by atoms with Gasteiger partial charge in [-0.15, -0.1) is 0 Å². The first kappa shape index (κ1) is 14.0. The summed E-state index contributed by atoms with van der Waals surface area (Å²) in [4.78, 5) is 12.2. The molecule has 2 rings (SSSR count). The first-order valence-corrected chi connectivity index (χ1v) is 8.45. The number of carbonyl (C=O) groups excluding carboxylic acids is 1. The summed E-state index contributed by atoms with van der Waals surface area (Å²) >= 11 is 5.26. The monoisotopic (exact) mass is 330 g/mol. The van der Waals surface area contributed by atoms with Crippen molar-refractivity contribution in [3.8, 4) is 0 Å². The van der Waals surface area contributed by atoms with Crippen molar-refractivity contribution >= 4 is 33.6 Å². The molecule has 1 N–H and O–H groups in total. The van der Waals surface area contributed by atoms with Gasteiger partial charge in [-0.1, -0.05) is 6.92 Å². The Morgan fingerprint density at radius 2 is 2.39 bits per heavy atom. The molecule has 0 spiro atoms. The quantitative estimate of drug-likeness (QED) is 0.868. The van der Waals surface area contributed by atoms with Crippen molar-refractivity contribution in [1.82, 2.24) is 9.88 Å². The van der Waals surface area contributed by atoms with Crippen molar-refractivity contribution in [2.75, 3.05) is 18.6 Å². The standard InChI is InChI=1S/C13H19BrN2OS/c1-9(8-18-2)6-15-13(17)12-5-10(14)7-16(12)11-3-4-11/h5,7,9,11H,3-4,6,8H2,1-2H3,(H,15,17).